The third-order valence-electron chi connectivity index (χ3n) is 2.80. The van der Waals surface area contributed by atoms with Crippen molar-refractivity contribution in [3.63, 3.8) is 0 Å². The van der Waals surface area contributed by atoms with E-state index in [4.69, 9.17) is 10.5 Å². The molecule has 1 unspecified atom stereocenters. The zero-order valence-electron chi connectivity index (χ0n) is 10.9. The second-order valence-corrected chi connectivity index (χ2v) is 4.25. The van der Waals surface area contributed by atoms with E-state index in [9.17, 15) is 4.79 Å². The van der Waals surface area contributed by atoms with Gasteiger partial charge in [0.05, 0.1) is 6.10 Å². The van der Waals surface area contributed by atoms with Crippen molar-refractivity contribution in [2.75, 3.05) is 0 Å². The van der Waals surface area contributed by atoms with Gasteiger partial charge in [0, 0.05) is 5.56 Å². The van der Waals surface area contributed by atoms with Crippen LogP contribution in [0.1, 0.15) is 30.8 Å². The zero-order valence-corrected chi connectivity index (χ0v) is 10.9. The highest BCUT2D eigenvalue weighted by Gasteiger charge is 2.15. The lowest BCUT2D eigenvalue weighted by Gasteiger charge is -2.12. The van der Waals surface area contributed by atoms with Gasteiger partial charge < -0.3 is 10.5 Å². The van der Waals surface area contributed by atoms with Crippen molar-refractivity contribution in [3.8, 4) is 17.0 Å². The number of nitrogens with one attached hydrogen (secondary N) is 1. The van der Waals surface area contributed by atoms with E-state index in [2.05, 4.69) is 22.3 Å². The summed E-state index contributed by atoms with van der Waals surface area (Å²) in [5, 5.41) is 10.1. The van der Waals surface area contributed by atoms with Crippen LogP contribution in [0.25, 0.3) is 11.3 Å². The first-order valence-corrected chi connectivity index (χ1v) is 6.09. The Morgan fingerprint density at radius 3 is 2.95 bits per heavy atom. The molecule has 0 saturated heterocycles. The summed E-state index contributed by atoms with van der Waals surface area (Å²) in [7, 11) is 0. The van der Waals surface area contributed by atoms with E-state index in [-0.39, 0.29) is 11.8 Å². The standard InChI is InChI=1S/C13H16N4O2/c1-3-8(2)19-10-6-4-5-9(7-10)11-12(13(14)18)16-17-15-11/h4-8H,3H2,1-2H3,(H2,14,18)(H,15,16,17). The van der Waals surface area contributed by atoms with Crippen molar-refractivity contribution in [3.05, 3.63) is 30.0 Å². The summed E-state index contributed by atoms with van der Waals surface area (Å²) >= 11 is 0. The van der Waals surface area contributed by atoms with Crippen LogP contribution in [0.15, 0.2) is 24.3 Å². The number of hydrogen-bond acceptors (Lipinski definition) is 4. The van der Waals surface area contributed by atoms with Gasteiger partial charge in [-0.25, -0.2) is 0 Å². The molecular formula is C13H16N4O2. The van der Waals surface area contributed by atoms with Gasteiger partial charge in [-0.15, -0.1) is 0 Å². The topological polar surface area (TPSA) is 93.9 Å². The molecule has 0 spiro atoms. The Labute approximate surface area is 111 Å². The second-order valence-electron chi connectivity index (χ2n) is 4.25. The van der Waals surface area contributed by atoms with Gasteiger partial charge in [-0.1, -0.05) is 19.1 Å². The molecule has 0 fully saturated rings. The molecule has 2 aromatic rings. The molecule has 0 saturated carbocycles. The van der Waals surface area contributed by atoms with Crippen molar-refractivity contribution in [2.45, 2.75) is 26.4 Å². The predicted octanol–water partition coefficient (Wildman–Crippen LogP) is 1.75. The van der Waals surface area contributed by atoms with Crippen LogP contribution in [0.5, 0.6) is 5.75 Å². The Hall–Kier alpha value is -2.37. The van der Waals surface area contributed by atoms with Gasteiger partial charge in [-0.05, 0) is 25.5 Å². The van der Waals surface area contributed by atoms with Crippen molar-refractivity contribution in [2.24, 2.45) is 5.73 Å². The van der Waals surface area contributed by atoms with Crippen LogP contribution in [0.2, 0.25) is 0 Å². The molecule has 100 valence electrons. The molecule has 6 heteroatoms. The summed E-state index contributed by atoms with van der Waals surface area (Å²) in [5.74, 6) is 0.113. The zero-order chi connectivity index (χ0) is 13.8. The molecule has 6 nitrogen and oxygen atoms in total. The second kappa shape index (κ2) is 5.51. The fourth-order valence-electron chi connectivity index (χ4n) is 1.64. The molecule has 1 amide bonds. The molecule has 19 heavy (non-hydrogen) atoms. The minimum atomic E-state index is -0.614. The SMILES string of the molecule is CCC(C)Oc1cccc(-c2n[nH]nc2C(N)=O)c1. The number of hydrogen-bond donors (Lipinski definition) is 2. The Balaban J connectivity index is 2.32. The number of ether oxygens (including phenoxy) is 1. The lowest BCUT2D eigenvalue weighted by atomic mass is 10.1. The van der Waals surface area contributed by atoms with Gasteiger partial charge >= 0.3 is 0 Å². The number of rotatable bonds is 5. The minimum Gasteiger partial charge on any atom is -0.491 e. The fraction of sp³-hybridized carbons (Fsp3) is 0.308. The van der Waals surface area contributed by atoms with Crippen LogP contribution >= 0.6 is 0 Å². The van der Waals surface area contributed by atoms with Crippen LogP contribution in [0.4, 0.5) is 0 Å². The van der Waals surface area contributed by atoms with Crippen molar-refractivity contribution in [1.82, 2.24) is 15.4 Å². The maximum atomic E-state index is 11.2. The number of nitrogens with zero attached hydrogens (tertiary/aromatic N) is 2. The summed E-state index contributed by atoms with van der Waals surface area (Å²) in [6.07, 6.45) is 1.05. The van der Waals surface area contributed by atoms with Crippen LogP contribution in [0.3, 0.4) is 0 Å². The highest BCUT2D eigenvalue weighted by Crippen LogP contribution is 2.24. The predicted molar refractivity (Wildman–Crippen MR) is 70.7 cm³/mol. The summed E-state index contributed by atoms with van der Waals surface area (Å²) in [6.45, 7) is 4.05. The molecule has 0 radical (unpaired) electrons. The fourth-order valence-corrected chi connectivity index (χ4v) is 1.64. The minimum absolute atomic E-state index is 0.126. The Morgan fingerprint density at radius 1 is 1.47 bits per heavy atom. The first-order chi connectivity index (χ1) is 9.11. The summed E-state index contributed by atoms with van der Waals surface area (Å²) in [5.41, 5.74) is 6.54. The van der Waals surface area contributed by atoms with E-state index in [1.807, 2.05) is 31.2 Å². The van der Waals surface area contributed by atoms with E-state index in [0.29, 0.717) is 5.69 Å². The number of carbonyl (C=O) groups excluding carboxylic acids is 1. The van der Waals surface area contributed by atoms with Crippen molar-refractivity contribution in [1.29, 1.82) is 0 Å². The molecule has 1 atom stereocenters. The van der Waals surface area contributed by atoms with Crippen LogP contribution < -0.4 is 10.5 Å². The smallest absolute Gasteiger partial charge is 0.271 e. The van der Waals surface area contributed by atoms with Gasteiger partial charge in [0.15, 0.2) is 5.69 Å². The largest absolute Gasteiger partial charge is 0.491 e. The number of H-pyrrole nitrogens is 1. The Bertz CT molecular complexity index is 580. The average Bonchev–Trinajstić information content (AvgIpc) is 2.88. The molecule has 3 N–H and O–H groups in total. The highest BCUT2D eigenvalue weighted by atomic mass is 16.5. The maximum absolute atomic E-state index is 11.2. The molecular weight excluding hydrogens is 244 g/mol. The number of benzene rings is 1. The monoisotopic (exact) mass is 260 g/mol. The lowest BCUT2D eigenvalue weighted by molar-refractivity contribution is 0.0996. The van der Waals surface area contributed by atoms with E-state index in [1.54, 1.807) is 0 Å². The van der Waals surface area contributed by atoms with Crippen LogP contribution in [-0.4, -0.2) is 27.4 Å². The molecule has 0 aliphatic carbocycles. The van der Waals surface area contributed by atoms with Gasteiger partial charge in [-0.3, -0.25) is 4.79 Å². The Morgan fingerprint density at radius 2 is 2.26 bits per heavy atom. The normalized spacial score (nSPS) is 12.1. The molecule has 1 heterocycles. The number of carbonyl (C=O) groups is 1. The first-order valence-electron chi connectivity index (χ1n) is 6.09. The molecule has 2 rings (SSSR count). The van der Waals surface area contributed by atoms with Gasteiger partial charge in [0.25, 0.3) is 5.91 Å². The number of primary amides is 1. The highest BCUT2D eigenvalue weighted by molar-refractivity contribution is 5.96. The number of nitrogens with two attached hydrogens (primary N) is 1. The Kier molecular flexibility index (Phi) is 3.79. The van der Waals surface area contributed by atoms with Gasteiger partial charge in [-0.2, -0.15) is 15.4 Å². The van der Waals surface area contributed by atoms with Crippen LogP contribution in [-0.2, 0) is 0 Å². The lowest BCUT2D eigenvalue weighted by Crippen LogP contribution is -2.13. The van der Waals surface area contributed by atoms with Crippen molar-refractivity contribution >= 4 is 5.91 Å². The van der Waals surface area contributed by atoms with E-state index in [0.717, 1.165) is 17.7 Å². The van der Waals surface area contributed by atoms with Crippen LogP contribution in [0, 0.1) is 0 Å². The van der Waals surface area contributed by atoms with E-state index >= 15 is 0 Å². The number of amides is 1. The summed E-state index contributed by atoms with van der Waals surface area (Å²) in [6, 6.07) is 7.34. The number of aromatic nitrogens is 3. The molecule has 1 aromatic carbocycles. The third-order valence-corrected chi connectivity index (χ3v) is 2.80. The van der Waals surface area contributed by atoms with E-state index < -0.39 is 5.91 Å². The first kappa shape index (κ1) is 13.1. The van der Waals surface area contributed by atoms with Gasteiger partial charge in [0.2, 0.25) is 0 Å². The molecule has 0 bridgehead atoms. The third kappa shape index (κ3) is 2.90. The van der Waals surface area contributed by atoms with Crippen molar-refractivity contribution < 1.29 is 9.53 Å². The molecule has 1 aromatic heterocycles. The molecule has 0 aliphatic rings. The maximum Gasteiger partial charge on any atom is 0.271 e. The summed E-state index contributed by atoms with van der Waals surface area (Å²) < 4.78 is 5.73. The average molecular weight is 260 g/mol. The quantitative estimate of drug-likeness (QED) is 0.856. The molecule has 0 aliphatic heterocycles. The van der Waals surface area contributed by atoms with E-state index in [1.165, 1.54) is 0 Å². The van der Waals surface area contributed by atoms with Gasteiger partial charge in [0.1, 0.15) is 11.4 Å². The number of aromatic amines is 1. The summed E-state index contributed by atoms with van der Waals surface area (Å²) in [4.78, 5) is 11.2.